The molecule has 6 heteroatoms. The number of Topliss-reactive ketones (excluding diaryl/α,β-unsaturated/α-hetero) is 1. The molecule has 2 rings (SSSR count). The molecule has 18 heavy (non-hydrogen) atoms. The van der Waals surface area contributed by atoms with Gasteiger partial charge in [-0.3, -0.25) is 4.79 Å². The molecule has 1 aliphatic heterocycles. The first-order valence-electron chi connectivity index (χ1n) is 5.29. The van der Waals surface area contributed by atoms with Crippen molar-refractivity contribution >= 4 is 23.4 Å². The quantitative estimate of drug-likeness (QED) is 0.360. The summed E-state index contributed by atoms with van der Waals surface area (Å²) in [5.74, 6) is -0.264. The highest BCUT2D eigenvalue weighted by molar-refractivity contribution is 6.43. The Hall–Kier alpha value is -1.75. The van der Waals surface area contributed by atoms with E-state index in [9.17, 15) is 9.59 Å². The van der Waals surface area contributed by atoms with Gasteiger partial charge in [0, 0.05) is 5.56 Å². The summed E-state index contributed by atoms with van der Waals surface area (Å²) in [5, 5.41) is -1.35. The summed E-state index contributed by atoms with van der Waals surface area (Å²) in [6, 6.07) is 4.66. The lowest BCUT2D eigenvalue weighted by atomic mass is 10.1. The van der Waals surface area contributed by atoms with Crippen molar-refractivity contribution in [1.29, 1.82) is 0 Å². The third-order valence-electron chi connectivity index (χ3n) is 2.47. The van der Waals surface area contributed by atoms with E-state index in [2.05, 4.69) is 4.74 Å². The van der Waals surface area contributed by atoms with Crippen LogP contribution in [0.25, 0.3) is 0 Å². The van der Waals surface area contributed by atoms with Crippen LogP contribution in [0.15, 0.2) is 18.2 Å². The summed E-state index contributed by atoms with van der Waals surface area (Å²) >= 11 is 5.70. The lowest BCUT2D eigenvalue weighted by Crippen LogP contribution is -2.26. The first-order valence-corrected chi connectivity index (χ1v) is 5.73. The number of ether oxygens (including phenoxy) is 3. The zero-order valence-corrected chi connectivity index (χ0v) is 10.4. The highest BCUT2D eigenvalue weighted by Crippen LogP contribution is 2.31. The zero-order valence-electron chi connectivity index (χ0n) is 9.64. The van der Waals surface area contributed by atoms with E-state index < -0.39 is 17.1 Å². The maximum atomic E-state index is 11.9. The number of alkyl halides is 1. The van der Waals surface area contributed by atoms with Crippen LogP contribution in [0.2, 0.25) is 0 Å². The fourth-order valence-corrected chi connectivity index (χ4v) is 1.77. The molecule has 0 bridgehead atoms. The largest absolute Gasteiger partial charge is 0.486 e. The molecule has 1 aliphatic rings. The van der Waals surface area contributed by atoms with Crippen LogP contribution in [0.1, 0.15) is 10.4 Å². The van der Waals surface area contributed by atoms with Crippen molar-refractivity contribution in [3.05, 3.63) is 23.8 Å². The Morgan fingerprint density at radius 3 is 2.61 bits per heavy atom. The van der Waals surface area contributed by atoms with Gasteiger partial charge in [0.15, 0.2) is 22.7 Å². The van der Waals surface area contributed by atoms with E-state index in [0.29, 0.717) is 24.7 Å². The van der Waals surface area contributed by atoms with Crippen molar-refractivity contribution in [2.24, 2.45) is 0 Å². The first-order chi connectivity index (χ1) is 8.63. The van der Waals surface area contributed by atoms with E-state index in [0.717, 1.165) is 0 Å². The smallest absolute Gasteiger partial charge is 0.331 e. The molecule has 0 aliphatic carbocycles. The molecule has 0 saturated heterocycles. The molecule has 0 fully saturated rings. The second-order valence-corrected chi connectivity index (χ2v) is 4.04. The Morgan fingerprint density at radius 2 is 1.94 bits per heavy atom. The fourth-order valence-electron chi connectivity index (χ4n) is 1.55. The van der Waals surface area contributed by atoms with Crippen molar-refractivity contribution in [3.8, 4) is 11.5 Å². The molecule has 1 atom stereocenters. The number of rotatable bonds is 3. The van der Waals surface area contributed by atoms with Crippen LogP contribution >= 0.6 is 11.6 Å². The zero-order chi connectivity index (χ0) is 13.1. The molecule has 0 N–H and O–H groups in total. The Kier molecular flexibility index (Phi) is 3.72. The first kappa shape index (κ1) is 12.7. The molecule has 0 radical (unpaired) electrons. The molecule has 1 heterocycles. The van der Waals surface area contributed by atoms with Gasteiger partial charge in [-0.2, -0.15) is 0 Å². The minimum Gasteiger partial charge on any atom is -0.486 e. The molecule has 1 unspecified atom stereocenters. The van der Waals surface area contributed by atoms with Gasteiger partial charge in [-0.05, 0) is 18.2 Å². The average Bonchev–Trinajstić information content (AvgIpc) is 2.44. The minimum absolute atomic E-state index is 0.282. The lowest BCUT2D eigenvalue weighted by molar-refractivity contribution is -0.139. The number of ketones is 1. The molecular formula is C12H11ClO5. The summed E-state index contributed by atoms with van der Waals surface area (Å²) in [4.78, 5) is 23.1. The van der Waals surface area contributed by atoms with Gasteiger partial charge in [-0.25, -0.2) is 4.79 Å². The molecule has 1 aromatic carbocycles. The summed E-state index contributed by atoms with van der Waals surface area (Å²) in [5.41, 5.74) is 0.282. The van der Waals surface area contributed by atoms with Gasteiger partial charge in [0.25, 0.3) is 0 Å². The van der Waals surface area contributed by atoms with Gasteiger partial charge in [0.05, 0.1) is 7.11 Å². The average molecular weight is 271 g/mol. The molecule has 0 amide bonds. The predicted octanol–water partition coefficient (Wildman–Crippen LogP) is 1.42. The van der Waals surface area contributed by atoms with E-state index in [1.165, 1.54) is 19.2 Å². The Bertz CT molecular complexity index is 485. The van der Waals surface area contributed by atoms with E-state index in [4.69, 9.17) is 21.1 Å². The van der Waals surface area contributed by atoms with Gasteiger partial charge < -0.3 is 14.2 Å². The maximum Gasteiger partial charge on any atom is 0.331 e. The summed E-state index contributed by atoms with van der Waals surface area (Å²) in [6.07, 6.45) is 0. The Morgan fingerprint density at radius 1 is 1.28 bits per heavy atom. The van der Waals surface area contributed by atoms with E-state index in [1.54, 1.807) is 6.07 Å². The van der Waals surface area contributed by atoms with Crippen LogP contribution in [0.4, 0.5) is 0 Å². The number of hydrogen-bond donors (Lipinski definition) is 0. The van der Waals surface area contributed by atoms with Gasteiger partial charge in [0.2, 0.25) is 0 Å². The van der Waals surface area contributed by atoms with Crippen molar-refractivity contribution in [1.82, 2.24) is 0 Å². The number of carbonyl (C=O) groups is 2. The summed E-state index contributed by atoms with van der Waals surface area (Å²) in [7, 11) is 1.18. The molecule has 5 nitrogen and oxygen atoms in total. The maximum absolute atomic E-state index is 11.9. The fraction of sp³-hybridized carbons (Fsp3) is 0.333. The summed E-state index contributed by atoms with van der Waals surface area (Å²) in [6.45, 7) is 0.895. The molecule has 0 aromatic heterocycles. The Labute approximate surface area is 109 Å². The monoisotopic (exact) mass is 270 g/mol. The van der Waals surface area contributed by atoms with Crippen molar-refractivity contribution in [3.63, 3.8) is 0 Å². The number of halogens is 1. The minimum atomic E-state index is -1.35. The molecule has 1 aromatic rings. The second-order valence-electron chi connectivity index (χ2n) is 3.61. The number of benzene rings is 1. The van der Waals surface area contributed by atoms with Crippen LogP contribution < -0.4 is 9.47 Å². The highest BCUT2D eigenvalue weighted by Gasteiger charge is 2.27. The van der Waals surface area contributed by atoms with Crippen molar-refractivity contribution in [2.75, 3.05) is 20.3 Å². The molecular weight excluding hydrogens is 260 g/mol. The van der Waals surface area contributed by atoms with Crippen LogP contribution in [0.5, 0.6) is 11.5 Å². The normalized spacial score (nSPS) is 14.8. The van der Waals surface area contributed by atoms with Crippen LogP contribution in [-0.2, 0) is 9.53 Å². The third-order valence-corrected chi connectivity index (χ3v) is 2.84. The van der Waals surface area contributed by atoms with Gasteiger partial charge in [-0.15, -0.1) is 11.6 Å². The Balaban J connectivity index is 2.23. The molecule has 0 saturated carbocycles. The standard InChI is InChI=1S/C12H11ClO5/c1-16-12(15)10(13)11(14)7-2-3-8-9(6-7)18-5-4-17-8/h2-3,6,10H,4-5H2,1H3. The van der Waals surface area contributed by atoms with Crippen molar-refractivity contribution < 1.29 is 23.8 Å². The number of methoxy groups -OCH3 is 1. The molecule has 0 spiro atoms. The van der Waals surface area contributed by atoms with Crippen LogP contribution in [-0.4, -0.2) is 37.5 Å². The second kappa shape index (κ2) is 5.27. The number of esters is 1. The number of fused-ring (bicyclic) bond motifs is 1. The van der Waals surface area contributed by atoms with Gasteiger partial charge >= 0.3 is 5.97 Å². The number of carbonyl (C=O) groups excluding carboxylic acids is 2. The van der Waals surface area contributed by atoms with Gasteiger partial charge in [0.1, 0.15) is 13.2 Å². The molecule has 96 valence electrons. The highest BCUT2D eigenvalue weighted by atomic mass is 35.5. The lowest BCUT2D eigenvalue weighted by Gasteiger charge is -2.18. The van der Waals surface area contributed by atoms with Gasteiger partial charge in [-0.1, -0.05) is 0 Å². The van der Waals surface area contributed by atoms with E-state index >= 15 is 0 Å². The SMILES string of the molecule is COC(=O)C(Cl)C(=O)c1ccc2c(c1)OCCO2. The topological polar surface area (TPSA) is 61.8 Å². The summed E-state index contributed by atoms with van der Waals surface area (Å²) < 4.78 is 15.1. The van der Waals surface area contributed by atoms with E-state index in [-0.39, 0.29) is 5.56 Å². The third kappa shape index (κ3) is 2.41. The predicted molar refractivity (Wildman–Crippen MR) is 63.4 cm³/mol. The van der Waals surface area contributed by atoms with Crippen molar-refractivity contribution in [2.45, 2.75) is 5.38 Å². The van der Waals surface area contributed by atoms with Crippen LogP contribution in [0.3, 0.4) is 0 Å². The number of hydrogen-bond acceptors (Lipinski definition) is 5. The van der Waals surface area contributed by atoms with E-state index in [1.807, 2.05) is 0 Å². The van der Waals surface area contributed by atoms with Crippen LogP contribution in [0, 0.1) is 0 Å².